The molecule has 3 rings (SSSR count). The molecule has 0 bridgehead atoms. The standard InChI is InChI=1S/C15H20ClNO/c16-7-5-12-6-8-17(9-12)10-13-11-18-15-4-2-1-3-14(13)15/h1-4,12-13H,5-11H2. The van der Waals surface area contributed by atoms with Crippen molar-refractivity contribution in [2.45, 2.75) is 18.8 Å². The van der Waals surface area contributed by atoms with E-state index in [4.69, 9.17) is 16.3 Å². The molecule has 1 aromatic carbocycles. The molecule has 3 heteroatoms. The second-order valence-electron chi connectivity index (χ2n) is 5.44. The number of likely N-dealkylation sites (tertiary alicyclic amines) is 1. The largest absolute Gasteiger partial charge is 0.493 e. The molecule has 0 aromatic heterocycles. The van der Waals surface area contributed by atoms with Gasteiger partial charge in [0.1, 0.15) is 5.75 Å². The van der Waals surface area contributed by atoms with Crippen molar-refractivity contribution < 1.29 is 4.74 Å². The lowest BCUT2D eigenvalue weighted by molar-refractivity contribution is 0.261. The number of para-hydroxylation sites is 1. The minimum Gasteiger partial charge on any atom is -0.493 e. The van der Waals surface area contributed by atoms with Gasteiger partial charge in [0.2, 0.25) is 0 Å². The Morgan fingerprint density at radius 1 is 1.33 bits per heavy atom. The lowest BCUT2D eigenvalue weighted by atomic mass is 10.0. The first-order valence-electron chi connectivity index (χ1n) is 6.87. The van der Waals surface area contributed by atoms with E-state index in [1.165, 1.54) is 25.1 Å². The van der Waals surface area contributed by atoms with E-state index in [1.807, 2.05) is 6.07 Å². The molecular formula is C15H20ClNO. The highest BCUT2D eigenvalue weighted by Gasteiger charge is 2.29. The van der Waals surface area contributed by atoms with Gasteiger partial charge in [-0.25, -0.2) is 0 Å². The first-order chi connectivity index (χ1) is 8.86. The number of benzene rings is 1. The third-order valence-corrected chi connectivity index (χ3v) is 4.38. The van der Waals surface area contributed by atoms with Crippen molar-refractivity contribution in [3.63, 3.8) is 0 Å². The van der Waals surface area contributed by atoms with Gasteiger partial charge in [-0.2, -0.15) is 0 Å². The van der Waals surface area contributed by atoms with E-state index in [2.05, 4.69) is 23.1 Å². The van der Waals surface area contributed by atoms with E-state index < -0.39 is 0 Å². The molecule has 0 saturated carbocycles. The normalized spacial score (nSPS) is 27.2. The quantitative estimate of drug-likeness (QED) is 0.776. The maximum Gasteiger partial charge on any atom is 0.122 e. The minimum atomic E-state index is 0.552. The van der Waals surface area contributed by atoms with Crippen molar-refractivity contribution in [3.8, 4) is 5.75 Å². The summed E-state index contributed by atoms with van der Waals surface area (Å²) in [5.41, 5.74) is 1.39. The maximum absolute atomic E-state index is 5.83. The predicted molar refractivity (Wildman–Crippen MR) is 74.6 cm³/mol. The SMILES string of the molecule is ClCCC1CCN(CC2COc3ccccc32)C1. The Morgan fingerprint density at radius 3 is 3.11 bits per heavy atom. The summed E-state index contributed by atoms with van der Waals surface area (Å²) in [4.78, 5) is 2.58. The first-order valence-corrected chi connectivity index (χ1v) is 7.40. The topological polar surface area (TPSA) is 12.5 Å². The molecule has 0 amide bonds. The van der Waals surface area contributed by atoms with E-state index in [1.54, 1.807) is 0 Å². The molecule has 18 heavy (non-hydrogen) atoms. The van der Waals surface area contributed by atoms with E-state index in [-0.39, 0.29) is 0 Å². The van der Waals surface area contributed by atoms with E-state index in [0.717, 1.165) is 37.1 Å². The van der Waals surface area contributed by atoms with Gasteiger partial charge in [0.15, 0.2) is 0 Å². The van der Waals surface area contributed by atoms with E-state index in [9.17, 15) is 0 Å². The van der Waals surface area contributed by atoms with Crippen molar-refractivity contribution in [2.24, 2.45) is 5.92 Å². The molecule has 0 radical (unpaired) electrons. The molecule has 1 fully saturated rings. The van der Waals surface area contributed by atoms with Crippen molar-refractivity contribution in [3.05, 3.63) is 29.8 Å². The molecule has 2 aliphatic heterocycles. The average Bonchev–Trinajstić information content (AvgIpc) is 2.99. The lowest BCUT2D eigenvalue weighted by Crippen LogP contribution is -2.27. The highest BCUT2D eigenvalue weighted by molar-refractivity contribution is 6.17. The number of nitrogens with zero attached hydrogens (tertiary/aromatic N) is 1. The molecule has 2 aliphatic rings. The van der Waals surface area contributed by atoms with Gasteiger partial charge in [0, 0.05) is 30.5 Å². The second-order valence-corrected chi connectivity index (χ2v) is 5.82. The number of alkyl halides is 1. The molecule has 98 valence electrons. The van der Waals surface area contributed by atoms with Crippen LogP contribution in [0.3, 0.4) is 0 Å². The number of hydrogen-bond acceptors (Lipinski definition) is 2. The van der Waals surface area contributed by atoms with Crippen LogP contribution in [0.1, 0.15) is 24.3 Å². The molecule has 0 aliphatic carbocycles. The fraction of sp³-hybridized carbons (Fsp3) is 0.600. The number of rotatable bonds is 4. The van der Waals surface area contributed by atoms with Crippen LogP contribution < -0.4 is 4.74 Å². The summed E-state index contributed by atoms with van der Waals surface area (Å²) in [7, 11) is 0. The summed E-state index contributed by atoms with van der Waals surface area (Å²) in [6.07, 6.45) is 2.47. The third-order valence-electron chi connectivity index (χ3n) is 4.16. The highest BCUT2D eigenvalue weighted by Crippen LogP contribution is 2.34. The summed E-state index contributed by atoms with van der Waals surface area (Å²) < 4.78 is 5.75. The van der Waals surface area contributed by atoms with Crippen LogP contribution in [0, 0.1) is 5.92 Å². The van der Waals surface area contributed by atoms with Gasteiger partial charge in [0.05, 0.1) is 6.61 Å². The smallest absolute Gasteiger partial charge is 0.122 e. The van der Waals surface area contributed by atoms with Gasteiger partial charge in [0.25, 0.3) is 0 Å². The zero-order chi connectivity index (χ0) is 12.4. The Morgan fingerprint density at radius 2 is 2.22 bits per heavy atom. The number of halogens is 1. The Kier molecular flexibility index (Phi) is 3.76. The molecular weight excluding hydrogens is 246 g/mol. The van der Waals surface area contributed by atoms with Gasteiger partial charge in [-0.1, -0.05) is 18.2 Å². The zero-order valence-corrected chi connectivity index (χ0v) is 11.4. The second kappa shape index (κ2) is 5.50. The van der Waals surface area contributed by atoms with E-state index >= 15 is 0 Å². The predicted octanol–water partition coefficient (Wildman–Crippen LogP) is 3.11. The van der Waals surface area contributed by atoms with Gasteiger partial charge in [-0.3, -0.25) is 0 Å². The van der Waals surface area contributed by atoms with Crippen molar-refractivity contribution in [2.75, 3.05) is 32.1 Å². The molecule has 0 spiro atoms. The van der Waals surface area contributed by atoms with Crippen LogP contribution in [0.2, 0.25) is 0 Å². The maximum atomic E-state index is 5.83. The van der Waals surface area contributed by atoms with Crippen LogP contribution in [-0.2, 0) is 0 Å². The number of fused-ring (bicyclic) bond motifs is 1. The summed E-state index contributed by atoms with van der Waals surface area (Å²) in [6.45, 7) is 4.41. The Bertz CT molecular complexity index is 409. The summed E-state index contributed by atoms with van der Waals surface area (Å²) in [5, 5.41) is 0. The van der Waals surface area contributed by atoms with Crippen LogP contribution in [0.4, 0.5) is 0 Å². The van der Waals surface area contributed by atoms with Crippen LogP contribution in [0.15, 0.2) is 24.3 Å². The minimum absolute atomic E-state index is 0.552. The molecule has 0 N–H and O–H groups in total. The summed E-state index contributed by atoms with van der Waals surface area (Å²) in [6, 6.07) is 8.45. The molecule has 1 aromatic rings. The van der Waals surface area contributed by atoms with Crippen molar-refractivity contribution >= 4 is 11.6 Å². The fourth-order valence-electron chi connectivity index (χ4n) is 3.16. The highest BCUT2D eigenvalue weighted by atomic mass is 35.5. The van der Waals surface area contributed by atoms with Crippen LogP contribution in [0.5, 0.6) is 5.75 Å². The Hall–Kier alpha value is -0.730. The fourth-order valence-corrected chi connectivity index (χ4v) is 3.47. The van der Waals surface area contributed by atoms with Gasteiger partial charge in [-0.15, -0.1) is 11.6 Å². The number of ether oxygens (including phenoxy) is 1. The molecule has 2 atom stereocenters. The number of hydrogen-bond donors (Lipinski definition) is 0. The first kappa shape index (κ1) is 12.3. The lowest BCUT2D eigenvalue weighted by Gasteiger charge is -2.19. The zero-order valence-electron chi connectivity index (χ0n) is 10.6. The summed E-state index contributed by atoms with van der Waals surface area (Å²) >= 11 is 5.83. The summed E-state index contributed by atoms with van der Waals surface area (Å²) in [5.74, 6) is 3.24. The van der Waals surface area contributed by atoms with Gasteiger partial charge in [-0.05, 0) is 31.4 Å². The van der Waals surface area contributed by atoms with Gasteiger partial charge >= 0.3 is 0 Å². The van der Waals surface area contributed by atoms with Crippen LogP contribution in [-0.4, -0.2) is 37.0 Å². The van der Waals surface area contributed by atoms with Gasteiger partial charge < -0.3 is 9.64 Å². The molecule has 1 saturated heterocycles. The molecule has 2 nitrogen and oxygen atoms in total. The van der Waals surface area contributed by atoms with Crippen LogP contribution >= 0.6 is 11.6 Å². The third kappa shape index (κ3) is 2.50. The molecule has 2 unspecified atom stereocenters. The van der Waals surface area contributed by atoms with Crippen molar-refractivity contribution in [1.29, 1.82) is 0 Å². The molecule has 2 heterocycles. The monoisotopic (exact) mass is 265 g/mol. The Balaban J connectivity index is 1.59. The average molecular weight is 266 g/mol. The van der Waals surface area contributed by atoms with E-state index in [0.29, 0.717) is 5.92 Å². The Labute approximate surface area is 114 Å². The van der Waals surface area contributed by atoms with Crippen molar-refractivity contribution in [1.82, 2.24) is 4.90 Å². The van der Waals surface area contributed by atoms with Crippen LogP contribution in [0.25, 0.3) is 0 Å².